The van der Waals surface area contributed by atoms with Gasteiger partial charge in [0.05, 0.1) is 12.0 Å². The molecule has 0 spiro atoms. The van der Waals surface area contributed by atoms with Crippen LogP contribution in [-0.2, 0) is 22.4 Å². The Labute approximate surface area is 183 Å². The zero-order chi connectivity index (χ0) is 22.5. The molecule has 2 aromatic carbocycles. The SMILES string of the molecule is CCc1cc(=O)oc2c(C)c(OCC(=O)N[C@H](Cc3ccc(Cl)cc3)C(=O)[O-])ccc12. The van der Waals surface area contributed by atoms with Gasteiger partial charge in [-0.25, -0.2) is 4.79 Å². The average molecular weight is 443 g/mol. The van der Waals surface area contributed by atoms with Crippen LogP contribution in [0.3, 0.4) is 0 Å². The molecular weight excluding hydrogens is 422 g/mol. The van der Waals surface area contributed by atoms with Crippen molar-refractivity contribution in [2.45, 2.75) is 32.7 Å². The summed E-state index contributed by atoms with van der Waals surface area (Å²) in [6.45, 7) is 3.26. The van der Waals surface area contributed by atoms with E-state index in [1.54, 1.807) is 43.3 Å². The zero-order valence-electron chi connectivity index (χ0n) is 17.1. The highest BCUT2D eigenvalue weighted by molar-refractivity contribution is 6.30. The van der Waals surface area contributed by atoms with E-state index in [0.717, 1.165) is 10.9 Å². The Morgan fingerprint density at radius 2 is 1.90 bits per heavy atom. The zero-order valence-corrected chi connectivity index (χ0v) is 17.8. The number of amides is 1. The Morgan fingerprint density at radius 3 is 2.55 bits per heavy atom. The van der Waals surface area contributed by atoms with Gasteiger partial charge in [0.25, 0.3) is 5.91 Å². The Hall–Kier alpha value is -3.32. The molecule has 0 unspecified atom stereocenters. The van der Waals surface area contributed by atoms with E-state index >= 15 is 0 Å². The van der Waals surface area contributed by atoms with Gasteiger partial charge in [-0.3, -0.25) is 4.79 Å². The first-order chi connectivity index (χ1) is 14.8. The topological polar surface area (TPSA) is 109 Å². The highest BCUT2D eigenvalue weighted by Crippen LogP contribution is 2.28. The number of hydrogen-bond donors (Lipinski definition) is 1. The van der Waals surface area contributed by atoms with Crippen LogP contribution in [0.1, 0.15) is 23.6 Å². The van der Waals surface area contributed by atoms with E-state index in [0.29, 0.717) is 33.9 Å². The fourth-order valence-electron chi connectivity index (χ4n) is 3.29. The summed E-state index contributed by atoms with van der Waals surface area (Å²) in [5, 5.41) is 15.2. The maximum Gasteiger partial charge on any atom is 0.336 e. The number of nitrogens with one attached hydrogen (secondary N) is 1. The number of hydrogen-bond acceptors (Lipinski definition) is 6. The number of carboxylic acid groups (broad SMARTS) is 1. The number of halogens is 1. The van der Waals surface area contributed by atoms with E-state index in [2.05, 4.69) is 5.32 Å². The number of carbonyl (C=O) groups excluding carboxylic acids is 2. The number of carboxylic acids is 1. The predicted octanol–water partition coefficient (Wildman–Crippen LogP) is 2.17. The molecule has 1 N–H and O–H groups in total. The molecule has 1 aromatic heterocycles. The van der Waals surface area contributed by atoms with Crippen LogP contribution in [0.15, 0.2) is 51.7 Å². The van der Waals surface area contributed by atoms with Crippen molar-refractivity contribution < 1.29 is 23.8 Å². The molecule has 0 saturated heterocycles. The van der Waals surface area contributed by atoms with Gasteiger partial charge in [0.15, 0.2) is 6.61 Å². The van der Waals surface area contributed by atoms with E-state index in [1.807, 2.05) is 6.92 Å². The van der Waals surface area contributed by atoms with Gasteiger partial charge in [0.2, 0.25) is 0 Å². The lowest BCUT2D eigenvalue weighted by atomic mass is 10.0. The minimum Gasteiger partial charge on any atom is -0.548 e. The van der Waals surface area contributed by atoms with Crippen LogP contribution in [0.2, 0.25) is 5.02 Å². The maximum atomic E-state index is 12.3. The van der Waals surface area contributed by atoms with Crippen molar-refractivity contribution in [3.63, 3.8) is 0 Å². The van der Waals surface area contributed by atoms with E-state index in [-0.39, 0.29) is 6.42 Å². The molecule has 31 heavy (non-hydrogen) atoms. The van der Waals surface area contributed by atoms with Crippen molar-refractivity contribution in [1.29, 1.82) is 0 Å². The van der Waals surface area contributed by atoms with Crippen LogP contribution in [0.25, 0.3) is 11.0 Å². The summed E-state index contributed by atoms with van der Waals surface area (Å²) in [6.07, 6.45) is 0.716. The number of benzene rings is 2. The number of aryl methyl sites for hydroxylation is 2. The van der Waals surface area contributed by atoms with E-state index in [9.17, 15) is 19.5 Å². The first-order valence-corrected chi connectivity index (χ1v) is 10.1. The third kappa shape index (κ3) is 5.44. The molecule has 0 saturated carbocycles. The molecule has 8 heteroatoms. The monoisotopic (exact) mass is 442 g/mol. The molecule has 1 heterocycles. The van der Waals surface area contributed by atoms with E-state index in [1.165, 1.54) is 6.07 Å². The maximum absolute atomic E-state index is 12.3. The Kier molecular flexibility index (Phi) is 6.97. The highest BCUT2D eigenvalue weighted by atomic mass is 35.5. The average Bonchev–Trinajstić information content (AvgIpc) is 2.74. The summed E-state index contributed by atoms with van der Waals surface area (Å²) in [5.74, 6) is -1.66. The second-order valence-electron chi connectivity index (χ2n) is 7.07. The number of aliphatic carboxylic acids is 1. The molecule has 0 bridgehead atoms. The third-order valence-corrected chi connectivity index (χ3v) is 5.16. The Balaban J connectivity index is 1.69. The second-order valence-corrected chi connectivity index (χ2v) is 7.50. The lowest BCUT2D eigenvalue weighted by Crippen LogP contribution is -2.50. The van der Waals surface area contributed by atoms with E-state index < -0.39 is 30.2 Å². The summed E-state index contributed by atoms with van der Waals surface area (Å²) in [5.41, 5.74) is 2.07. The van der Waals surface area contributed by atoms with Gasteiger partial charge in [-0.05, 0) is 55.2 Å². The summed E-state index contributed by atoms with van der Waals surface area (Å²) in [7, 11) is 0. The van der Waals surface area contributed by atoms with Crippen molar-refractivity contribution in [3.05, 3.63) is 74.6 Å². The van der Waals surface area contributed by atoms with Crippen LogP contribution in [0.5, 0.6) is 5.75 Å². The molecule has 1 amide bonds. The van der Waals surface area contributed by atoms with Crippen molar-refractivity contribution in [1.82, 2.24) is 5.32 Å². The van der Waals surface area contributed by atoms with E-state index in [4.69, 9.17) is 20.8 Å². The molecule has 0 aliphatic carbocycles. The molecule has 3 rings (SSSR count). The van der Waals surface area contributed by atoms with Crippen molar-refractivity contribution >= 4 is 34.4 Å². The summed E-state index contributed by atoms with van der Waals surface area (Å²) >= 11 is 5.83. The Bertz CT molecular complexity index is 1170. The van der Waals surface area contributed by atoms with Crippen molar-refractivity contribution in [3.8, 4) is 5.75 Å². The molecule has 162 valence electrons. The van der Waals surface area contributed by atoms with Crippen LogP contribution < -0.4 is 20.8 Å². The molecule has 0 aliphatic rings. The predicted molar refractivity (Wildman–Crippen MR) is 114 cm³/mol. The first kappa shape index (κ1) is 22.4. The molecule has 0 fully saturated rings. The summed E-state index contributed by atoms with van der Waals surface area (Å²) in [4.78, 5) is 35.5. The fourth-order valence-corrected chi connectivity index (χ4v) is 3.41. The van der Waals surface area contributed by atoms with Gasteiger partial charge < -0.3 is 24.4 Å². The van der Waals surface area contributed by atoms with Gasteiger partial charge >= 0.3 is 5.63 Å². The van der Waals surface area contributed by atoms with Crippen LogP contribution >= 0.6 is 11.6 Å². The molecule has 7 nitrogen and oxygen atoms in total. The smallest absolute Gasteiger partial charge is 0.336 e. The van der Waals surface area contributed by atoms with Crippen molar-refractivity contribution in [2.24, 2.45) is 0 Å². The largest absolute Gasteiger partial charge is 0.548 e. The van der Waals surface area contributed by atoms with Gasteiger partial charge in [0.1, 0.15) is 11.3 Å². The number of carbonyl (C=O) groups is 2. The minimum atomic E-state index is -1.40. The van der Waals surface area contributed by atoms with Crippen LogP contribution in [-0.4, -0.2) is 24.5 Å². The molecule has 0 aliphatic heterocycles. The molecule has 1 atom stereocenters. The van der Waals surface area contributed by atoms with Gasteiger partial charge in [-0.2, -0.15) is 0 Å². The van der Waals surface area contributed by atoms with Gasteiger partial charge in [-0.1, -0.05) is 30.7 Å². The minimum absolute atomic E-state index is 0.0468. The number of ether oxygens (including phenoxy) is 1. The van der Waals surface area contributed by atoms with Gasteiger partial charge in [-0.15, -0.1) is 0 Å². The lowest BCUT2D eigenvalue weighted by molar-refractivity contribution is -0.308. The Morgan fingerprint density at radius 1 is 1.19 bits per heavy atom. The van der Waals surface area contributed by atoms with Gasteiger partial charge in [0, 0.05) is 22.0 Å². The standard InChI is InChI=1S/C23H22ClNO6/c1-3-15-11-21(27)31-22-13(2)19(9-8-17(15)22)30-12-20(26)25-18(23(28)29)10-14-4-6-16(24)7-5-14/h4-9,11,18H,3,10,12H2,1-2H3,(H,25,26)(H,28,29)/p-1/t18-/m1/s1. The van der Waals surface area contributed by atoms with Crippen LogP contribution in [0.4, 0.5) is 0 Å². The second kappa shape index (κ2) is 9.66. The third-order valence-electron chi connectivity index (χ3n) is 4.91. The van der Waals surface area contributed by atoms with Crippen LogP contribution in [0, 0.1) is 6.92 Å². The molecular formula is C23H21ClNO6-. The first-order valence-electron chi connectivity index (χ1n) is 9.72. The normalized spacial score (nSPS) is 11.8. The quantitative estimate of drug-likeness (QED) is 0.535. The lowest BCUT2D eigenvalue weighted by Gasteiger charge is -2.20. The summed E-state index contributed by atoms with van der Waals surface area (Å²) < 4.78 is 10.9. The number of fused-ring (bicyclic) bond motifs is 1. The fraction of sp³-hybridized carbons (Fsp3) is 0.261. The summed E-state index contributed by atoms with van der Waals surface area (Å²) in [6, 6.07) is 10.3. The van der Waals surface area contributed by atoms with Crippen molar-refractivity contribution in [2.75, 3.05) is 6.61 Å². The number of rotatable bonds is 8. The highest BCUT2D eigenvalue weighted by Gasteiger charge is 2.16. The molecule has 3 aromatic rings. The molecule has 0 radical (unpaired) electrons.